The van der Waals surface area contributed by atoms with Crippen molar-refractivity contribution in [2.45, 2.75) is 19.9 Å². The lowest BCUT2D eigenvalue weighted by atomic mass is 10.3. The van der Waals surface area contributed by atoms with Crippen LogP contribution in [0, 0.1) is 4.77 Å². The highest BCUT2D eigenvalue weighted by molar-refractivity contribution is 7.71. The van der Waals surface area contributed by atoms with Gasteiger partial charge in [0.05, 0.1) is 0 Å². The highest BCUT2D eigenvalue weighted by Gasteiger charge is 2.02. The highest BCUT2D eigenvalue weighted by atomic mass is 32.1. The van der Waals surface area contributed by atoms with Crippen molar-refractivity contribution in [2.75, 3.05) is 0 Å². The van der Waals surface area contributed by atoms with Gasteiger partial charge in [0.1, 0.15) is 5.65 Å². The van der Waals surface area contributed by atoms with Gasteiger partial charge in [0.2, 0.25) is 10.3 Å². The molecule has 0 saturated carbocycles. The summed E-state index contributed by atoms with van der Waals surface area (Å²) in [7, 11) is 0. The molecule has 0 saturated heterocycles. The second-order valence-electron chi connectivity index (χ2n) is 3.65. The second-order valence-corrected chi connectivity index (χ2v) is 4.02. The van der Waals surface area contributed by atoms with E-state index >= 15 is 0 Å². The van der Waals surface area contributed by atoms with Gasteiger partial charge in [-0.3, -0.25) is 4.79 Å². The first-order chi connectivity index (χ1) is 7.08. The Morgan fingerprint density at radius 2 is 2.20 bits per heavy atom. The molecular formula is C10H11N3OS. The van der Waals surface area contributed by atoms with E-state index in [1.165, 1.54) is 6.07 Å². The third-order valence-electron chi connectivity index (χ3n) is 2.19. The maximum atomic E-state index is 11.1. The van der Waals surface area contributed by atoms with Crippen LogP contribution in [0.25, 0.3) is 11.0 Å². The summed E-state index contributed by atoms with van der Waals surface area (Å²) in [4.78, 5) is 17.9. The zero-order chi connectivity index (χ0) is 11.0. The summed E-state index contributed by atoms with van der Waals surface area (Å²) in [6, 6.07) is 3.49. The predicted molar refractivity (Wildman–Crippen MR) is 61.6 cm³/mol. The molecule has 0 aromatic carbocycles. The van der Waals surface area contributed by atoms with Crippen LogP contribution in [0.15, 0.2) is 23.1 Å². The SMILES string of the molecule is CC(C)n1cc2ccc(=O)[nH]c2nc1=S. The third kappa shape index (κ3) is 1.83. The van der Waals surface area contributed by atoms with E-state index < -0.39 is 0 Å². The van der Waals surface area contributed by atoms with Gasteiger partial charge in [-0.1, -0.05) is 0 Å². The second kappa shape index (κ2) is 3.58. The topological polar surface area (TPSA) is 50.7 Å². The Kier molecular flexibility index (Phi) is 2.40. The number of fused-ring (bicyclic) bond motifs is 1. The lowest BCUT2D eigenvalue weighted by Crippen LogP contribution is -2.09. The van der Waals surface area contributed by atoms with E-state index in [9.17, 15) is 4.79 Å². The number of aromatic amines is 1. The maximum Gasteiger partial charge on any atom is 0.249 e. The Bertz CT molecular complexity index is 612. The van der Waals surface area contributed by atoms with E-state index in [0.717, 1.165) is 5.39 Å². The molecule has 0 aliphatic rings. The summed E-state index contributed by atoms with van der Waals surface area (Å²) in [6.07, 6.45) is 1.91. The fraction of sp³-hybridized carbons (Fsp3) is 0.300. The Labute approximate surface area is 91.6 Å². The molecule has 0 aliphatic heterocycles. The van der Waals surface area contributed by atoms with Crippen molar-refractivity contribution in [1.82, 2.24) is 14.5 Å². The number of nitrogens with one attached hydrogen (secondary N) is 1. The van der Waals surface area contributed by atoms with Gasteiger partial charge < -0.3 is 9.55 Å². The zero-order valence-corrected chi connectivity index (χ0v) is 9.34. The number of pyridine rings is 1. The molecule has 0 radical (unpaired) electrons. The first-order valence-corrected chi connectivity index (χ1v) is 5.11. The van der Waals surface area contributed by atoms with Crippen molar-refractivity contribution < 1.29 is 0 Å². The van der Waals surface area contributed by atoms with Crippen molar-refractivity contribution in [1.29, 1.82) is 0 Å². The number of rotatable bonds is 1. The minimum Gasteiger partial charge on any atom is -0.321 e. The Morgan fingerprint density at radius 3 is 2.87 bits per heavy atom. The molecular weight excluding hydrogens is 210 g/mol. The fourth-order valence-corrected chi connectivity index (χ4v) is 1.75. The van der Waals surface area contributed by atoms with E-state index in [2.05, 4.69) is 9.97 Å². The number of nitrogens with zero attached hydrogens (tertiary/aromatic N) is 2. The molecule has 0 unspecified atom stereocenters. The van der Waals surface area contributed by atoms with Gasteiger partial charge in [-0.15, -0.1) is 0 Å². The van der Waals surface area contributed by atoms with Gasteiger partial charge in [0.15, 0.2) is 0 Å². The van der Waals surface area contributed by atoms with E-state index in [-0.39, 0.29) is 11.6 Å². The molecule has 0 atom stereocenters. The molecule has 1 N–H and O–H groups in total. The molecule has 2 aromatic rings. The van der Waals surface area contributed by atoms with Crippen LogP contribution < -0.4 is 5.56 Å². The molecule has 78 valence electrons. The lowest BCUT2D eigenvalue weighted by Gasteiger charge is -2.10. The normalized spacial score (nSPS) is 11.1. The minimum absolute atomic E-state index is 0.160. The predicted octanol–water partition coefficient (Wildman–Crippen LogP) is 2.03. The average Bonchev–Trinajstić information content (AvgIpc) is 2.15. The average molecular weight is 221 g/mol. The van der Waals surface area contributed by atoms with Crippen molar-refractivity contribution in [3.63, 3.8) is 0 Å². The van der Waals surface area contributed by atoms with Crippen LogP contribution in [0.5, 0.6) is 0 Å². The molecule has 2 rings (SSSR count). The van der Waals surface area contributed by atoms with Crippen LogP contribution >= 0.6 is 12.2 Å². The van der Waals surface area contributed by atoms with Gasteiger partial charge in [0, 0.05) is 23.7 Å². The third-order valence-corrected chi connectivity index (χ3v) is 2.49. The Hall–Kier alpha value is -1.49. The van der Waals surface area contributed by atoms with E-state index in [0.29, 0.717) is 10.4 Å². The maximum absolute atomic E-state index is 11.1. The number of aromatic nitrogens is 3. The molecule has 15 heavy (non-hydrogen) atoms. The fourth-order valence-electron chi connectivity index (χ4n) is 1.40. The van der Waals surface area contributed by atoms with Crippen molar-refractivity contribution >= 4 is 23.3 Å². The molecule has 0 aliphatic carbocycles. The van der Waals surface area contributed by atoms with Crippen LogP contribution in [0.2, 0.25) is 0 Å². The van der Waals surface area contributed by atoms with Gasteiger partial charge in [-0.2, -0.15) is 0 Å². The summed E-state index contributed by atoms with van der Waals surface area (Å²) < 4.78 is 2.38. The van der Waals surface area contributed by atoms with Crippen LogP contribution in [0.1, 0.15) is 19.9 Å². The number of hydrogen-bond donors (Lipinski definition) is 1. The molecule has 0 fully saturated rings. The lowest BCUT2D eigenvalue weighted by molar-refractivity contribution is 0.581. The number of hydrogen-bond acceptors (Lipinski definition) is 3. The van der Waals surface area contributed by atoms with Gasteiger partial charge in [-0.05, 0) is 32.1 Å². The molecule has 2 heterocycles. The first-order valence-electron chi connectivity index (χ1n) is 4.70. The highest BCUT2D eigenvalue weighted by Crippen LogP contribution is 2.10. The molecule has 0 spiro atoms. The van der Waals surface area contributed by atoms with Gasteiger partial charge in [0.25, 0.3) is 0 Å². The summed E-state index contributed by atoms with van der Waals surface area (Å²) in [5, 5.41) is 0.886. The molecule has 4 nitrogen and oxygen atoms in total. The summed E-state index contributed by atoms with van der Waals surface area (Å²) in [6.45, 7) is 4.07. The Morgan fingerprint density at radius 1 is 1.47 bits per heavy atom. The smallest absolute Gasteiger partial charge is 0.249 e. The first kappa shape index (κ1) is 10.0. The van der Waals surface area contributed by atoms with Crippen LogP contribution in [-0.4, -0.2) is 14.5 Å². The van der Waals surface area contributed by atoms with Gasteiger partial charge in [-0.25, -0.2) is 4.98 Å². The largest absolute Gasteiger partial charge is 0.321 e. The molecule has 5 heteroatoms. The van der Waals surface area contributed by atoms with Crippen LogP contribution in [-0.2, 0) is 0 Å². The monoisotopic (exact) mass is 221 g/mol. The van der Waals surface area contributed by atoms with Crippen molar-refractivity contribution in [2.24, 2.45) is 0 Å². The number of H-pyrrole nitrogens is 1. The van der Waals surface area contributed by atoms with Gasteiger partial charge >= 0.3 is 0 Å². The van der Waals surface area contributed by atoms with Crippen molar-refractivity contribution in [3.8, 4) is 0 Å². The summed E-state index contributed by atoms with van der Waals surface area (Å²) in [5.74, 6) is 0. The van der Waals surface area contributed by atoms with Crippen LogP contribution in [0.4, 0.5) is 0 Å². The summed E-state index contributed by atoms with van der Waals surface area (Å²) in [5.41, 5.74) is 0.385. The minimum atomic E-state index is -0.160. The van der Waals surface area contributed by atoms with E-state index in [1.54, 1.807) is 6.07 Å². The Balaban J connectivity index is 2.82. The van der Waals surface area contributed by atoms with Crippen LogP contribution in [0.3, 0.4) is 0 Å². The standard InChI is InChI=1S/C10H11N3OS/c1-6(2)13-5-7-3-4-8(14)11-9(7)12-10(13)15/h3-6H,1-2H3,(H,11,12,14,15). The van der Waals surface area contributed by atoms with E-state index in [1.807, 2.05) is 24.6 Å². The summed E-state index contributed by atoms with van der Waals surface area (Å²) >= 11 is 5.13. The quantitative estimate of drug-likeness (QED) is 0.750. The molecule has 0 amide bonds. The van der Waals surface area contributed by atoms with E-state index in [4.69, 9.17) is 12.2 Å². The molecule has 0 bridgehead atoms. The molecule has 2 aromatic heterocycles. The van der Waals surface area contributed by atoms with Crippen molar-refractivity contribution in [3.05, 3.63) is 33.5 Å². The zero-order valence-electron chi connectivity index (χ0n) is 8.52.